The molecule has 0 saturated carbocycles. The van der Waals surface area contributed by atoms with Crippen molar-refractivity contribution in [1.82, 2.24) is 0 Å². The largest absolute Gasteiger partial charge is 0.115 e. The average molecular weight is 1400 g/mol. The molecule has 32 heteroatoms. The standard InChI is InChI=1S/C84H41B32/c1-17-24-29-32-33-34-36-40-46-63-66-55(15)58(23-7)60(41-22-6)62(43-28-21-5)73(66)71-61(45-37-27-20-4)59(44-39-31-26-19-3)57(42-38-35-30-25-18-2)47-64(71)72(63)68-53(13)50(10)54(14)69-70(68)56(16)65-51(11)48(8)49(9)52(12)67(65)74(69)75-76-77(78(85)79(103-86)80(75)106(89)90)82(110(115(100)101)116(102)105-88)84(109(113(96)97)114(98)99)83(108(104-87)112(94)95)81(76)107(91)111(92)93/h1,3,5,7,47H,2,4,6,8-16H3. The average Bonchev–Trinajstić information content (AvgIpc) is 0.679. The van der Waals surface area contributed by atoms with Gasteiger partial charge in [-0.05, 0) is 312 Å². The lowest BCUT2D eigenvalue weighted by Gasteiger charge is -2.42. The van der Waals surface area contributed by atoms with E-state index in [1.807, 2.05) is 40.7 Å². The van der Waals surface area contributed by atoms with Gasteiger partial charge in [0.05, 0.1) is 61.9 Å². The molecular formula is C84H41B32. The van der Waals surface area contributed by atoms with Crippen LogP contribution >= 0.6 is 0 Å². The minimum Gasteiger partial charge on any atom is -0.115 e. The van der Waals surface area contributed by atoms with E-state index in [2.05, 4.69) is 205 Å². The molecule has 0 nitrogen and oxygen atoms in total. The Morgan fingerprint density at radius 3 is 1.30 bits per heavy atom. The molecule has 0 saturated heterocycles. The molecule has 0 spiro atoms. The summed E-state index contributed by atoms with van der Waals surface area (Å²) in [5.41, 5.74) is 12.2. The third-order valence-corrected chi connectivity index (χ3v) is 21.2. The Labute approximate surface area is 721 Å². The molecule has 0 aliphatic heterocycles. The van der Waals surface area contributed by atoms with Gasteiger partial charge in [0, 0.05) is 222 Å². The van der Waals surface area contributed by atoms with E-state index in [1.54, 1.807) is 20.8 Å². The fraction of sp³-hybridized carbons (Fsp3) is 0.143. The number of hydrogen-bond acceptors (Lipinski definition) is 0. The van der Waals surface area contributed by atoms with Gasteiger partial charge in [0.25, 0.3) is 0 Å². The Morgan fingerprint density at radius 2 is 0.793 bits per heavy atom. The van der Waals surface area contributed by atoms with Gasteiger partial charge in [0.1, 0.15) is 7.85 Å². The first kappa shape index (κ1) is 91.2. The molecule has 0 atom stereocenters. The van der Waals surface area contributed by atoms with Crippen LogP contribution in [0.1, 0.15) is 110 Å². The van der Waals surface area contributed by atoms with Crippen LogP contribution < -0.4 is 38.2 Å². The lowest BCUT2D eigenvalue weighted by Crippen LogP contribution is -2.80. The summed E-state index contributed by atoms with van der Waals surface area (Å²) in [5.74, 6) is 87.6. The number of fused-ring (bicyclic) bond motifs is 6. The van der Waals surface area contributed by atoms with Crippen LogP contribution in [0, 0.1) is 266 Å². The van der Waals surface area contributed by atoms with Gasteiger partial charge in [-0.3, -0.25) is 0 Å². The summed E-state index contributed by atoms with van der Waals surface area (Å²) in [7, 11) is 133. The number of hydrogen-bond donors (Lipinski definition) is 0. The summed E-state index contributed by atoms with van der Waals surface area (Å²) in [4.78, 5) is 0. The summed E-state index contributed by atoms with van der Waals surface area (Å²) < 4.78 is 0. The Kier molecular flexibility index (Phi) is 31.4. The Hall–Kier alpha value is -10.3. The fourth-order valence-corrected chi connectivity index (χ4v) is 15.9. The van der Waals surface area contributed by atoms with Crippen molar-refractivity contribution in [2.75, 3.05) is 0 Å². The molecular weight excluding hydrogens is 1350 g/mol. The lowest BCUT2D eigenvalue weighted by atomic mass is 8.66. The maximum Gasteiger partial charge on any atom is 0.113 e. The third-order valence-electron chi connectivity index (χ3n) is 21.2. The van der Waals surface area contributed by atoms with Crippen molar-refractivity contribution >= 4 is 324 Å². The van der Waals surface area contributed by atoms with Gasteiger partial charge >= 0.3 is 0 Å². The summed E-state index contributed by atoms with van der Waals surface area (Å²) in [6.07, 6.45) is 15.8. The van der Waals surface area contributed by atoms with E-state index in [1.165, 1.54) is 21.3 Å². The maximum absolute atomic E-state index is 7.92. The van der Waals surface area contributed by atoms with E-state index in [0.29, 0.717) is 98.9 Å². The normalized spacial score (nSPS) is 9.41. The molecule has 0 N–H and O–H groups in total. The minimum absolute atomic E-state index is 0.0510. The van der Waals surface area contributed by atoms with E-state index in [9.17, 15) is 0 Å². The second-order valence-electron chi connectivity index (χ2n) is 27.5. The maximum atomic E-state index is 7.92. The van der Waals surface area contributed by atoms with Crippen molar-refractivity contribution in [3.8, 4) is 226 Å². The van der Waals surface area contributed by atoms with Gasteiger partial charge in [0.15, 0.2) is 0 Å². The van der Waals surface area contributed by atoms with E-state index < -0.39 is 70.8 Å². The van der Waals surface area contributed by atoms with Crippen molar-refractivity contribution in [2.45, 2.75) is 83.1 Å². The van der Waals surface area contributed by atoms with Crippen LogP contribution in [0.3, 0.4) is 0 Å². The topological polar surface area (TPSA) is 0 Å². The van der Waals surface area contributed by atoms with Gasteiger partial charge in [-0.25, -0.2) is 0 Å². The molecule has 0 bridgehead atoms. The van der Waals surface area contributed by atoms with Gasteiger partial charge in [-0.2, -0.15) is 0 Å². The highest BCUT2D eigenvalue weighted by Crippen LogP contribution is 2.54. The molecule has 0 amide bonds. The number of benzene rings is 8. The zero-order chi connectivity index (χ0) is 85.8. The molecule has 8 aromatic carbocycles. The van der Waals surface area contributed by atoms with Crippen LogP contribution in [0.15, 0.2) is 6.07 Å². The molecule has 8 rings (SSSR count). The van der Waals surface area contributed by atoms with Crippen LogP contribution in [0.4, 0.5) is 0 Å². The van der Waals surface area contributed by atoms with Gasteiger partial charge in [0.2, 0.25) is 0 Å². The fourth-order valence-electron chi connectivity index (χ4n) is 15.9. The minimum atomic E-state index is -1.49. The van der Waals surface area contributed by atoms with E-state index in [4.69, 9.17) is 165 Å². The van der Waals surface area contributed by atoms with Crippen LogP contribution in [-0.4, -0.2) is 231 Å². The molecule has 0 aliphatic rings. The smallest absolute Gasteiger partial charge is 0.113 e. The number of rotatable bonds is 16. The quantitative estimate of drug-likeness (QED) is 0.0412. The van der Waals surface area contributed by atoms with E-state index >= 15 is 0 Å². The highest BCUT2D eigenvalue weighted by Gasteiger charge is 2.43. The first-order chi connectivity index (χ1) is 55.3. The van der Waals surface area contributed by atoms with Gasteiger partial charge in [-0.15, -0.1) is 48.0 Å². The molecule has 0 heterocycles. The molecule has 0 aromatic heterocycles. The molecule has 473 valence electrons. The third kappa shape index (κ3) is 17.1. The van der Waals surface area contributed by atoms with E-state index in [-0.39, 0.29) is 54.6 Å². The lowest BCUT2D eigenvalue weighted by molar-refractivity contribution is 1.25. The van der Waals surface area contributed by atoms with E-state index in [0.717, 1.165) is 49.9 Å². The zero-order valence-electron chi connectivity index (χ0n) is 66.9. The summed E-state index contributed by atoms with van der Waals surface area (Å²) in [6, 6.07) is 1.90. The van der Waals surface area contributed by atoms with Crippen molar-refractivity contribution in [3.63, 3.8) is 0 Å². The van der Waals surface area contributed by atoms with Crippen LogP contribution in [0.5, 0.6) is 0 Å². The van der Waals surface area contributed by atoms with Crippen molar-refractivity contribution in [2.24, 2.45) is 0 Å². The van der Waals surface area contributed by atoms with Crippen LogP contribution in [0.2, 0.25) is 0 Å². The number of terminal acetylenes is 4. The van der Waals surface area contributed by atoms with Gasteiger partial charge < -0.3 is 0 Å². The molecule has 39 radical (unpaired) electrons. The summed E-state index contributed by atoms with van der Waals surface area (Å²) in [6.45, 7) is 16.4. The second kappa shape index (κ2) is 40.0. The molecule has 0 aliphatic carbocycles. The SMILES string of the molecule is [B][B]B([B])B(B([B])[B])c1c(B(B([B])[B])B([B])[B])c(B([B][B])B([B])[B])c(B([B])B([B])[B])c2c(-c3c4c(C)c(C)c(C)c(C)c4c(C)c4c(-c5c(C#CC#CC#CC#CC#C)c6c(C)c(C#C)c(C#CC)c(C#CC#C)c6c6c(C#CC#CC)c(C#CC#CC#C)c(C#CC#CC#CC)cc56)c(C)c(C)c(C)c34)c(B([B])[B])c([B][B])c([B])c12. The highest BCUT2D eigenvalue weighted by atomic mass is 14.3. The van der Waals surface area contributed by atoms with Crippen molar-refractivity contribution < 1.29 is 0 Å². The Balaban J connectivity index is 2.09. The Bertz CT molecular complexity index is 6690. The highest BCUT2D eigenvalue weighted by molar-refractivity contribution is 7.89. The zero-order valence-corrected chi connectivity index (χ0v) is 66.9. The van der Waals surface area contributed by atoms with Crippen LogP contribution in [0.25, 0.3) is 76.1 Å². The monoisotopic (exact) mass is 1400 g/mol. The van der Waals surface area contributed by atoms with Gasteiger partial charge in [-0.1, -0.05) is 75.1 Å². The molecule has 116 heavy (non-hydrogen) atoms. The molecule has 8 aromatic rings. The summed E-state index contributed by atoms with van der Waals surface area (Å²) >= 11 is 0. The molecule has 0 unspecified atom stereocenters. The first-order valence-corrected chi connectivity index (χ1v) is 36.3. The summed E-state index contributed by atoms with van der Waals surface area (Å²) in [5, 5.41) is 4.90. The van der Waals surface area contributed by atoms with Crippen molar-refractivity contribution in [3.05, 3.63) is 95.1 Å². The predicted molar refractivity (Wildman–Crippen MR) is 536 cm³/mol. The van der Waals surface area contributed by atoms with Crippen molar-refractivity contribution in [1.29, 1.82) is 0 Å². The predicted octanol–water partition coefficient (Wildman–Crippen LogP) is -3.33. The molecule has 0 fully saturated rings. The second-order valence-corrected chi connectivity index (χ2v) is 27.5. The first-order valence-electron chi connectivity index (χ1n) is 36.3. The Morgan fingerprint density at radius 1 is 0.319 bits per heavy atom. The van der Waals surface area contributed by atoms with Crippen LogP contribution in [-0.2, 0) is 0 Å². The number of aryl methyl sites for hydroxylation is 5.